The number of nitrogens with two attached hydrogens (primary N) is 4. The summed E-state index contributed by atoms with van der Waals surface area (Å²) in [5, 5.41) is 12.5. The molecule has 2 fully saturated rings. The third-order valence-corrected chi connectivity index (χ3v) is 5.71. The highest BCUT2D eigenvalue weighted by Gasteiger charge is 2.22. The van der Waals surface area contributed by atoms with Crippen LogP contribution >= 0.6 is 0 Å². The summed E-state index contributed by atoms with van der Waals surface area (Å²) in [6.07, 6.45) is 10.7. The maximum Gasteiger partial charge on any atom is 0.183 e. The van der Waals surface area contributed by atoms with Gasteiger partial charge in [-0.1, -0.05) is 6.42 Å². The van der Waals surface area contributed by atoms with E-state index < -0.39 is 0 Å². The van der Waals surface area contributed by atoms with Crippen LogP contribution in [-0.4, -0.2) is 34.7 Å². The van der Waals surface area contributed by atoms with E-state index in [2.05, 4.69) is 11.1 Å². The van der Waals surface area contributed by atoms with Crippen LogP contribution in [0.2, 0.25) is 0 Å². The summed E-state index contributed by atoms with van der Waals surface area (Å²) in [5.41, 5.74) is 14.7. The lowest BCUT2D eigenvalue weighted by molar-refractivity contribution is 0.154. The van der Waals surface area contributed by atoms with Crippen LogP contribution < -0.4 is 27.9 Å². The molecular weight excluding hydrogens is 392 g/mol. The molecule has 31 heavy (non-hydrogen) atoms. The topological polar surface area (TPSA) is 156 Å². The Kier molecular flexibility index (Phi) is 7.60. The molecule has 0 spiro atoms. The first-order chi connectivity index (χ1) is 14.9. The van der Waals surface area contributed by atoms with Gasteiger partial charge in [0.1, 0.15) is 6.07 Å². The van der Waals surface area contributed by atoms with Crippen molar-refractivity contribution in [3.05, 3.63) is 41.1 Å². The van der Waals surface area contributed by atoms with E-state index in [-0.39, 0.29) is 18.3 Å². The minimum Gasteiger partial charge on any atom is -0.487 e. The number of rotatable bonds is 9. The highest BCUT2D eigenvalue weighted by Crippen LogP contribution is 2.34. The lowest BCUT2D eigenvalue weighted by Crippen LogP contribution is -2.38. The standard InChI is InChI=1S/C22H34N8O/c1-29(26)20(14-30(27)13-16(24)11-15-7-8-15)22(25)18-9-10-21(19(12-23)28-18)31-17-5-3-2-4-6-17/h9-10,13,15,17H,2-8,11,14,24-27H2,1H3/b16-13-,22-20-. The fourth-order valence-corrected chi connectivity index (χ4v) is 3.81. The van der Waals surface area contributed by atoms with Crippen LogP contribution in [0.3, 0.4) is 0 Å². The van der Waals surface area contributed by atoms with E-state index in [1.54, 1.807) is 25.4 Å². The maximum absolute atomic E-state index is 9.59. The van der Waals surface area contributed by atoms with Crippen molar-refractivity contribution in [3.63, 3.8) is 0 Å². The number of nitriles is 1. The van der Waals surface area contributed by atoms with E-state index in [1.165, 1.54) is 29.3 Å². The van der Waals surface area contributed by atoms with Crippen molar-refractivity contribution < 1.29 is 4.74 Å². The van der Waals surface area contributed by atoms with Crippen LogP contribution in [-0.2, 0) is 0 Å². The van der Waals surface area contributed by atoms with E-state index >= 15 is 0 Å². The Balaban J connectivity index is 1.77. The summed E-state index contributed by atoms with van der Waals surface area (Å²) in [7, 11) is 1.68. The Morgan fingerprint density at radius 3 is 2.52 bits per heavy atom. The first kappa shape index (κ1) is 22.7. The predicted molar refractivity (Wildman–Crippen MR) is 120 cm³/mol. The molecule has 2 aliphatic rings. The molecule has 0 aromatic carbocycles. The lowest BCUT2D eigenvalue weighted by atomic mass is 9.98. The molecule has 2 aliphatic carbocycles. The quantitative estimate of drug-likeness (QED) is 0.342. The Morgan fingerprint density at radius 1 is 1.19 bits per heavy atom. The lowest BCUT2D eigenvalue weighted by Gasteiger charge is -2.25. The molecule has 8 N–H and O–H groups in total. The van der Waals surface area contributed by atoms with Gasteiger partial charge in [-0.05, 0) is 63.0 Å². The SMILES string of the molecule is CN(N)/C(CN(N)/C=C(\N)CC1CC1)=C(\N)c1ccc(OC2CCCCC2)c(C#N)n1. The number of nitrogens with zero attached hydrogens (tertiary/aromatic N) is 4. The summed E-state index contributed by atoms with van der Waals surface area (Å²) >= 11 is 0. The van der Waals surface area contributed by atoms with Crippen LogP contribution in [0, 0.1) is 17.2 Å². The molecule has 0 bridgehead atoms. The average Bonchev–Trinajstić information content (AvgIpc) is 3.56. The van der Waals surface area contributed by atoms with Crippen molar-refractivity contribution in [2.75, 3.05) is 13.6 Å². The molecule has 168 valence electrons. The number of ether oxygens (including phenoxy) is 1. The first-order valence-electron chi connectivity index (χ1n) is 10.9. The number of hydrogen-bond donors (Lipinski definition) is 4. The molecule has 9 heteroatoms. The Labute approximate surface area is 184 Å². The second-order valence-electron chi connectivity index (χ2n) is 8.53. The molecule has 0 radical (unpaired) electrons. The average molecular weight is 427 g/mol. The molecule has 2 saturated carbocycles. The molecular formula is C22H34N8O. The molecule has 9 nitrogen and oxygen atoms in total. The Bertz CT molecular complexity index is 863. The summed E-state index contributed by atoms with van der Waals surface area (Å²) in [6, 6.07) is 5.62. The fraction of sp³-hybridized carbons (Fsp3) is 0.545. The van der Waals surface area contributed by atoms with Crippen molar-refractivity contribution >= 4 is 5.70 Å². The van der Waals surface area contributed by atoms with Crippen molar-refractivity contribution in [3.8, 4) is 11.8 Å². The van der Waals surface area contributed by atoms with E-state index in [4.69, 9.17) is 27.9 Å². The summed E-state index contributed by atoms with van der Waals surface area (Å²) in [4.78, 5) is 4.43. The molecule has 3 rings (SSSR count). The number of hydrogen-bond acceptors (Lipinski definition) is 9. The molecule has 0 saturated heterocycles. The Hall–Kier alpha value is -2.96. The Morgan fingerprint density at radius 2 is 1.90 bits per heavy atom. The molecule has 0 aliphatic heterocycles. The van der Waals surface area contributed by atoms with Crippen molar-refractivity contribution in [1.82, 2.24) is 15.0 Å². The molecule has 1 aromatic rings. The third-order valence-electron chi connectivity index (χ3n) is 5.71. The van der Waals surface area contributed by atoms with Crippen molar-refractivity contribution in [2.45, 2.75) is 57.5 Å². The largest absolute Gasteiger partial charge is 0.487 e. The zero-order valence-corrected chi connectivity index (χ0v) is 18.3. The predicted octanol–water partition coefficient (Wildman–Crippen LogP) is 1.87. The summed E-state index contributed by atoms with van der Waals surface area (Å²) in [6.45, 7) is 0.244. The van der Waals surface area contributed by atoms with Crippen LogP contribution in [0.5, 0.6) is 5.75 Å². The highest BCUT2D eigenvalue weighted by molar-refractivity contribution is 5.64. The molecule has 0 atom stereocenters. The van der Waals surface area contributed by atoms with E-state index in [1.807, 2.05) is 0 Å². The van der Waals surface area contributed by atoms with Gasteiger partial charge in [0.05, 0.1) is 29.7 Å². The molecule has 0 unspecified atom stereocenters. The second-order valence-corrected chi connectivity index (χ2v) is 8.53. The van der Waals surface area contributed by atoms with Crippen molar-refractivity contribution in [1.29, 1.82) is 5.26 Å². The smallest absolute Gasteiger partial charge is 0.183 e. The summed E-state index contributed by atoms with van der Waals surface area (Å²) in [5.74, 6) is 13.3. The monoisotopic (exact) mass is 426 g/mol. The van der Waals surface area contributed by atoms with E-state index in [9.17, 15) is 5.26 Å². The van der Waals surface area contributed by atoms with Gasteiger partial charge in [-0.2, -0.15) is 5.26 Å². The maximum atomic E-state index is 9.59. The second kappa shape index (κ2) is 10.4. The van der Waals surface area contributed by atoms with Crippen LogP contribution in [0.15, 0.2) is 29.7 Å². The van der Waals surface area contributed by atoms with Crippen molar-refractivity contribution in [2.24, 2.45) is 29.1 Å². The van der Waals surface area contributed by atoms with Gasteiger partial charge in [0, 0.05) is 18.9 Å². The minimum absolute atomic E-state index is 0.130. The third kappa shape index (κ3) is 6.51. The van der Waals surface area contributed by atoms with Gasteiger partial charge in [-0.3, -0.25) is 0 Å². The van der Waals surface area contributed by atoms with Crippen LogP contribution in [0.1, 0.15) is 62.8 Å². The van der Waals surface area contributed by atoms with Gasteiger partial charge < -0.3 is 26.2 Å². The number of hydrazine groups is 2. The highest BCUT2D eigenvalue weighted by atomic mass is 16.5. The zero-order valence-electron chi connectivity index (χ0n) is 18.3. The number of likely N-dealkylation sites (N-methyl/N-ethyl adjacent to an activating group) is 1. The number of allylic oxidation sites excluding steroid dienone is 1. The zero-order chi connectivity index (χ0) is 22.4. The summed E-state index contributed by atoms with van der Waals surface area (Å²) < 4.78 is 6.04. The molecule has 1 heterocycles. The van der Waals surface area contributed by atoms with E-state index in [0.717, 1.165) is 37.8 Å². The van der Waals surface area contributed by atoms with Crippen LogP contribution in [0.25, 0.3) is 5.70 Å². The van der Waals surface area contributed by atoms with Gasteiger partial charge in [0.2, 0.25) is 0 Å². The molecule has 1 aromatic heterocycles. The first-order valence-corrected chi connectivity index (χ1v) is 10.9. The fourth-order valence-electron chi connectivity index (χ4n) is 3.81. The molecule has 0 amide bonds. The number of pyridine rings is 1. The van der Waals surface area contributed by atoms with Crippen LogP contribution in [0.4, 0.5) is 0 Å². The van der Waals surface area contributed by atoms with Gasteiger partial charge in [0.25, 0.3) is 0 Å². The number of aromatic nitrogens is 1. The minimum atomic E-state index is 0.130. The normalized spacial score (nSPS) is 18.2. The van der Waals surface area contributed by atoms with Gasteiger partial charge in [-0.15, -0.1) is 0 Å². The van der Waals surface area contributed by atoms with Gasteiger partial charge >= 0.3 is 0 Å². The van der Waals surface area contributed by atoms with Gasteiger partial charge in [0.15, 0.2) is 11.4 Å². The van der Waals surface area contributed by atoms with E-state index in [0.29, 0.717) is 28.8 Å². The van der Waals surface area contributed by atoms with Gasteiger partial charge in [-0.25, -0.2) is 16.7 Å².